The van der Waals surface area contributed by atoms with Crippen molar-refractivity contribution in [1.29, 1.82) is 0 Å². The molecular weight excluding hydrogens is 564 g/mol. The Morgan fingerprint density at radius 1 is 1.02 bits per heavy atom. The molecule has 2 aromatic carbocycles. The van der Waals surface area contributed by atoms with Crippen LogP contribution in [0.3, 0.4) is 0 Å². The number of amides is 2. The Kier molecular flexibility index (Phi) is 11.6. The lowest BCUT2D eigenvalue weighted by Crippen LogP contribution is -2.54. The predicted molar refractivity (Wildman–Crippen MR) is 159 cm³/mol. The minimum absolute atomic E-state index is 0.0438. The van der Waals surface area contributed by atoms with Crippen LogP contribution in [0.25, 0.3) is 0 Å². The van der Waals surface area contributed by atoms with Crippen molar-refractivity contribution in [3.8, 4) is 0 Å². The van der Waals surface area contributed by atoms with Crippen LogP contribution in [0.1, 0.15) is 58.1 Å². The Balaban J connectivity index is 1.91. The number of methoxy groups -OCH3 is 1. The van der Waals surface area contributed by atoms with E-state index in [-0.39, 0.29) is 35.7 Å². The number of nitrogens with one attached hydrogen (secondary N) is 3. The van der Waals surface area contributed by atoms with Gasteiger partial charge in [-0.3, -0.25) is 10.1 Å². The lowest BCUT2D eigenvalue weighted by Gasteiger charge is -2.35. The van der Waals surface area contributed by atoms with Gasteiger partial charge in [0, 0.05) is 19.3 Å². The molecule has 228 valence electrons. The number of carbonyl (C=O) groups excluding carboxylic acids is 3. The topological polar surface area (TPSA) is 137 Å². The number of anilines is 1. The van der Waals surface area contributed by atoms with E-state index < -0.39 is 29.3 Å². The number of nitrogens with zero attached hydrogens (tertiary/aromatic N) is 1. The molecule has 0 spiro atoms. The fourth-order valence-corrected chi connectivity index (χ4v) is 4.64. The first-order valence-electron chi connectivity index (χ1n) is 13.7. The van der Waals surface area contributed by atoms with Crippen molar-refractivity contribution in [1.82, 2.24) is 10.6 Å². The zero-order valence-corrected chi connectivity index (χ0v) is 25.4. The molecule has 2 aromatic rings. The first-order chi connectivity index (χ1) is 19.9. The number of hydrogen-bond donors (Lipinski definition) is 3. The number of carbonyl (C=O) groups is 3. The van der Waals surface area contributed by atoms with E-state index in [2.05, 4.69) is 20.9 Å². The summed E-state index contributed by atoms with van der Waals surface area (Å²) < 4.78 is 21.2. The molecule has 3 rings (SSSR count). The van der Waals surface area contributed by atoms with Crippen LogP contribution in [0.15, 0.2) is 53.5 Å². The standard InChI is InChI=1S/C30H39ClN4O7/c1-29(2,3)42-28(38)34-26(32-21-14-16-40-17-15-21)35-30(4,18-24(36)39-5)22-12-9-13-23(25(22)31)33-27(37)41-19-20-10-7-6-8-11-20/h6-13,21H,14-19H2,1-5H3,(H,33,37)(H2,32,34,35,38)/t30-/m0/s1. The first kappa shape index (κ1) is 32.7. The van der Waals surface area contributed by atoms with Gasteiger partial charge in [-0.05, 0) is 57.7 Å². The summed E-state index contributed by atoms with van der Waals surface area (Å²) in [6, 6.07) is 14.2. The molecule has 1 aliphatic rings. The number of benzene rings is 2. The van der Waals surface area contributed by atoms with Crippen molar-refractivity contribution in [3.63, 3.8) is 0 Å². The van der Waals surface area contributed by atoms with Gasteiger partial charge in [-0.2, -0.15) is 0 Å². The monoisotopic (exact) mass is 602 g/mol. The van der Waals surface area contributed by atoms with Crippen LogP contribution in [0.4, 0.5) is 15.3 Å². The number of rotatable bonds is 8. The molecule has 3 N–H and O–H groups in total. The van der Waals surface area contributed by atoms with Crippen LogP contribution in [0, 0.1) is 0 Å². The summed E-state index contributed by atoms with van der Waals surface area (Å²) in [5.74, 6) is -0.441. The molecule has 1 saturated heterocycles. The molecule has 1 heterocycles. The van der Waals surface area contributed by atoms with Gasteiger partial charge in [0.25, 0.3) is 0 Å². The highest BCUT2D eigenvalue weighted by atomic mass is 35.5. The molecule has 12 heteroatoms. The number of aliphatic imine (C=N–C) groups is 1. The third-order valence-electron chi connectivity index (χ3n) is 6.32. The fraction of sp³-hybridized carbons (Fsp3) is 0.467. The van der Waals surface area contributed by atoms with E-state index in [1.165, 1.54) is 7.11 Å². The van der Waals surface area contributed by atoms with E-state index in [0.29, 0.717) is 31.6 Å². The van der Waals surface area contributed by atoms with Crippen LogP contribution < -0.4 is 16.0 Å². The van der Waals surface area contributed by atoms with Crippen molar-refractivity contribution in [2.24, 2.45) is 4.99 Å². The summed E-state index contributed by atoms with van der Waals surface area (Å²) in [6.07, 6.45) is -0.322. The van der Waals surface area contributed by atoms with Gasteiger partial charge in [0.1, 0.15) is 12.2 Å². The van der Waals surface area contributed by atoms with Gasteiger partial charge < -0.3 is 29.6 Å². The molecule has 0 saturated carbocycles. The van der Waals surface area contributed by atoms with E-state index in [4.69, 9.17) is 30.5 Å². The van der Waals surface area contributed by atoms with E-state index in [9.17, 15) is 14.4 Å². The third kappa shape index (κ3) is 10.2. The van der Waals surface area contributed by atoms with Gasteiger partial charge in [0.15, 0.2) is 0 Å². The Bertz CT molecular complexity index is 1260. The van der Waals surface area contributed by atoms with Crippen LogP contribution in [-0.2, 0) is 35.9 Å². The molecule has 1 fully saturated rings. The summed E-state index contributed by atoms with van der Waals surface area (Å²) in [6.45, 7) is 8.12. The van der Waals surface area contributed by atoms with Gasteiger partial charge >= 0.3 is 18.2 Å². The number of esters is 1. The molecule has 0 bridgehead atoms. The van der Waals surface area contributed by atoms with Gasteiger partial charge in [0.05, 0.1) is 29.8 Å². The second kappa shape index (κ2) is 14.9. The minimum atomic E-state index is -1.24. The van der Waals surface area contributed by atoms with Crippen LogP contribution in [0.2, 0.25) is 5.02 Å². The summed E-state index contributed by atoms with van der Waals surface area (Å²) in [5.41, 5.74) is -0.460. The van der Waals surface area contributed by atoms with Crippen LogP contribution in [-0.4, -0.2) is 56.1 Å². The summed E-state index contributed by atoms with van der Waals surface area (Å²) in [5, 5.41) is 9.30. The van der Waals surface area contributed by atoms with Crippen molar-refractivity contribution in [2.75, 3.05) is 25.6 Å². The SMILES string of the molecule is COC(=O)C[C@](C)(NC(=NC(=O)OC(C)(C)C)NC1CCOCC1)c1cccc(NC(=O)OCc2ccccc2)c1Cl. The van der Waals surface area contributed by atoms with E-state index >= 15 is 0 Å². The second-order valence-electron chi connectivity index (χ2n) is 11.0. The Labute approximate surface area is 251 Å². The highest BCUT2D eigenvalue weighted by Crippen LogP contribution is 2.36. The van der Waals surface area contributed by atoms with Crippen molar-refractivity contribution < 1.29 is 33.3 Å². The quantitative estimate of drug-likeness (QED) is 0.154. The number of halogens is 1. The molecule has 0 radical (unpaired) electrons. The van der Waals surface area contributed by atoms with Gasteiger partial charge in [-0.25, -0.2) is 9.59 Å². The molecule has 2 amide bonds. The van der Waals surface area contributed by atoms with Crippen LogP contribution >= 0.6 is 11.6 Å². The van der Waals surface area contributed by atoms with E-state index in [1.54, 1.807) is 45.9 Å². The van der Waals surface area contributed by atoms with E-state index in [0.717, 1.165) is 5.56 Å². The molecule has 0 aliphatic carbocycles. The highest BCUT2D eigenvalue weighted by Gasteiger charge is 2.35. The third-order valence-corrected chi connectivity index (χ3v) is 6.73. The molecule has 0 aromatic heterocycles. The Hall–Kier alpha value is -3.83. The zero-order chi connectivity index (χ0) is 30.8. The first-order valence-corrected chi connectivity index (χ1v) is 14.0. The lowest BCUT2D eigenvalue weighted by molar-refractivity contribution is -0.142. The summed E-state index contributed by atoms with van der Waals surface area (Å²) in [7, 11) is 1.28. The second-order valence-corrected chi connectivity index (χ2v) is 11.4. The fourth-order valence-electron chi connectivity index (χ4n) is 4.26. The Morgan fingerprint density at radius 2 is 1.71 bits per heavy atom. The van der Waals surface area contributed by atoms with Gasteiger partial charge in [0.2, 0.25) is 5.96 Å². The molecule has 1 aliphatic heterocycles. The molecule has 1 atom stereocenters. The average molecular weight is 603 g/mol. The van der Waals surface area contributed by atoms with E-state index in [1.807, 2.05) is 30.3 Å². The smallest absolute Gasteiger partial charge is 0.437 e. The zero-order valence-electron chi connectivity index (χ0n) is 24.6. The van der Waals surface area contributed by atoms with Crippen molar-refractivity contribution in [3.05, 3.63) is 64.7 Å². The average Bonchev–Trinajstić information content (AvgIpc) is 2.93. The van der Waals surface area contributed by atoms with Gasteiger partial charge in [-0.15, -0.1) is 4.99 Å². The minimum Gasteiger partial charge on any atom is -0.469 e. The maximum atomic E-state index is 12.7. The maximum Gasteiger partial charge on any atom is 0.437 e. The lowest BCUT2D eigenvalue weighted by atomic mass is 9.88. The molecule has 0 unspecified atom stereocenters. The number of guanidine groups is 1. The number of hydrogen-bond acceptors (Lipinski definition) is 7. The Morgan fingerprint density at radius 3 is 2.36 bits per heavy atom. The maximum absolute atomic E-state index is 12.7. The highest BCUT2D eigenvalue weighted by molar-refractivity contribution is 6.34. The largest absolute Gasteiger partial charge is 0.469 e. The number of ether oxygens (including phenoxy) is 4. The van der Waals surface area contributed by atoms with Crippen LogP contribution in [0.5, 0.6) is 0 Å². The predicted octanol–water partition coefficient (Wildman–Crippen LogP) is 5.52. The molecule has 42 heavy (non-hydrogen) atoms. The molecule has 11 nitrogen and oxygen atoms in total. The normalized spacial score (nSPS) is 15.6. The molecular formula is C30H39ClN4O7. The van der Waals surface area contributed by atoms with Crippen molar-refractivity contribution in [2.45, 2.75) is 70.7 Å². The van der Waals surface area contributed by atoms with Gasteiger partial charge in [-0.1, -0.05) is 54.1 Å². The summed E-state index contributed by atoms with van der Waals surface area (Å²) >= 11 is 6.82. The van der Waals surface area contributed by atoms with Crippen molar-refractivity contribution >= 4 is 41.4 Å². The summed E-state index contributed by atoms with van der Waals surface area (Å²) in [4.78, 5) is 42.1.